The Morgan fingerprint density at radius 1 is 1.41 bits per heavy atom. The molecule has 96 valence electrons. The van der Waals surface area contributed by atoms with Gasteiger partial charge in [0.25, 0.3) is 0 Å². The van der Waals surface area contributed by atoms with Crippen LogP contribution in [-0.4, -0.2) is 41.7 Å². The molecule has 1 aromatic rings. The second-order valence-electron chi connectivity index (χ2n) is 5.67. The van der Waals surface area contributed by atoms with E-state index in [4.69, 9.17) is 4.74 Å². The van der Waals surface area contributed by atoms with E-state index >= 15 is 0 Å². The van der Waals surface area contributed by atoms with E-state index in [1.165, 1.54) is 0 Å². The van der Waals surface area contributed by atoms with E-state index in [0.717, 1.165) is 10.1 Å². The zero-order valence-corrected chi connectivity index (χ0v) is 11.3. The normalized spacial score (nSPS) is 18.8. The van der Waals surface area contributed by atoms with Crippen molar-refractivity contribution in [1.29, 1.82) is 0 Å². The molecular formula is C11H19N3O2S. The molecule has 2 N–H and O–H groups in total. The molecule has 17 heavy (non-hydrogen) atoms. The lowest BCUT2D eigenvalue weighted by Gasteiger charge is -2.39. The summed E-state index contributed by atoms with van der Waals surface area (Å²) in [4.78, 5) is 0. The topological polar surface area (TPSA) is 67.3 Å². The molecule has 0 aromatic carbocycles. The van der Waals surface area contributed by atoms with Crippen molar-refractivity contribution < 1.29 is 9.84 Å². The Labute approximate surface area is 105 Å². The zero-order valence-electron chi connectivity index (χ0n) is 10.5. The van der Waals surface area contributed by atoms with Crippen molar-refractivity contribution in [2.45, 2.75) is 26.2 Å². The number of hydrogen-bond acceptors (Lipinski definition) is 6. The quantitative estimate of drug-likeness (QED) is 0.850. The average molecular weight is 257 g/mol. The number of ether oxygens (including phenoxy) is 1. The van der Waals surface area contributed by atoms with Gasteiger partial charge in [-0.05, 0) is 0 Å². The minimum atomic E-state index is -0.131. The third-order valence-electron chi connectivity index (χ3n) is 2.83. The highest BCUT2D eigenvalue weighted by molar-refractivity contribution is 7.15. The number of nitrogens with one attached hydrogen (secondary N) is 1. The molecule has 0 aliphatic carbocycles. The van der Waals surface area contributed by atoms with Crippen LogP contribution in [0.2, 0.25) is 0 Å². The third-order valence-corrected chi connectivity index (χ3v) is 4.14. The number of rotatable bonds is 4. The number of nitrogens with zero attached hydrogens (tertiary/aromatic N) is 2. The minimum Gasteiger partial charge on any atom is -0.396 e. The summed E-state index contributed by atoms with van der Waals surface area (Å²) in [6, 6.07) is 0. The van der Waals surface area contributed by atoms with Gasteiger partial charge in [0.2, 0.25) is 5.13 Å². The Hall–Kier alpha value is -0.720. The van der Waals surface area contributed by atoms with E-state index in [9.17, 15) is 5.11 Å². The van der Waals surface area contributed by atoms with Gasteiger partial charge >= 0.3 is 0 Å². The van der Waals surface area contributed by atoms with Crippen molar-refractivity contribution in [3.05, 3.63) is 5.01 Å². The lowest BCUT2D eigenvalue weighted by molar-refractivity contribution is -0.128. The van der Waals surface area contributed by atoms with Crippen LogP contribution in [0.5, 0.6) is 0 Å². The Kier molecular flexibility index (Phi) is 3.38. The molecule has 5 nitrogen and oxygen atoms in total. The van der Waals surface area contributed by atoms with Crippen molar-refractivity contribution in [1.82, 2.24) is 10.2 Å². The fourth-order valence-corrected chi connectivity index (χ4v) is 2.30. The predicted molar refractivity (Wildman–Crippen MR) is 67.4 cm³/mol. The van der Waals surface area contributed by atoms with Gasteiger partial charge in [-0.1, -0.05) is 32.1 Å². The molecule has 0 saturated carbocycles. The first kappa shape index (κ1) is 12.7. The summed E-state index contributed by atoms with van der Waals surface area (Å²) in [5.74, 6) is 0. The molecule has 0 unspecified atom stereocenters. The van der Waals surface area contributed by atoms with E-state index in [0.29, 0.717) is 19.8 Å². The highest BCUT2D eigenvalue weighted by Crippen LogP contribution is 2.30. The molecule has 0 bridgehead atoms. The number of aromatic nitrogens is 2. The van der Waals surface area contributed by atoms with E-state index in [1.54, 1.807) is 11.3 Å². The third kappa shape index (κ3) is 2.75. The van der Waals surface area contributed by atoms with Crippen LogP contribution in [0.4, 0.5) is 5.13 Å². The van der Waals surface area contributed by atoms with Crippen LogP contribution in [0.15, 0.2) is 0 Å². The maximum atomic E-state index is 9.30. The van der Waals surface area contributed by atoms with Crippen molar-refractivity contribution in [3.63, 3.8) is 0 Å². The van der Waals surface area contributed by atoms with Gasteiger partial charge in [0, 0.05) is 12.0 Å². The van der Waals surface area contributed by atoms with Gasteiger partial charge in [-0.15, -0.1) is 10.2 Å². The number of anilines is 1. The van der Waals surface area contributed by atoms with E-state index in [2.05, 4.69) is 36.3 Å². The van der Waals surface area contributed by atoms with Crippen molar-refractivity contribution in [2.24, 2.45) is 5.41 Å². The number of aliphatic hydroxyl groups excluding tert-OH is 1. The largest absolute Gasteiger partial charge is 0.396 e. The molecule has 0 radical (unpaired) electrons. The fourth-order valence-electron chi connectivity index (χ4n) is 1.50. The molecule has 0 atom stereocenters. The SMILES string of the molecule is CC(C)(C)c1nnc(NCC2(CO)COC2)s1. The molecule has 6 heteroatoms. The second-order valence-corrected chi connectivity index (χ2v) is 6.64. The van der Waals surface area contributed by atoms with Gasteiger partial charge in [-0.2, -0.15) is 0 Å². The van der Waals surface area contributed by atoms with E-state index in [1.807, 2.05) is 0 Å². The molecule has 0 spiro atoms. The standard InChI is InChI=1S/C11H19N3O2S/c1-10(2,3)8-13-14-9(17-8)12-4-11(5-15)6-16-7-11/h15H,4-7H2,1-3H3,(H,12,14). The van der Waals surface area contributed by atoms with Gasteiger partial charge in [0.05, 0.1) is 25.2 Å². The first-order chi connectivity index (χ1) is 7.95. The van der Waals surface area contributed by atoms with Crippen LogP contribution >= 0.6 is 11.3 Å². The molecule has 1 aliphatic rings. The van der Waals surface area contributed by atoms with Crippen molar-refractivity contribution in [2.75, 3.05) is 31.7 Å². The Morgan fingerprint density at radius 3 is 2.53 bits per heavy atom. The number of aliphatic hydroxyl groups is 1. The molecule has 1 aliphatic heterocycles. The molecule has 1 fully saturated rings. The molecule has 1 saturated heterocycles. The summed E-state index contributed by atoms with van der Waals surface area (Å²) in [5.41, 5.74) is -0.0978. The molecular weight excluding hydrogens is 238 g/mol. The molecule has 0 amide bonds. The van der Waals surface area contributed by atoms with Crippen LogP contribution in [0, 0.1) is 5.41 Å². The molecule has 2 rings (SSSR count). The van der Waals surface area contributed by atoms with Crippen LogP contribution in [0.25, 0.3) is 0 Å². The van der Waals surface area contributed by atoms with Crippen LogP contribution in [-0.2, 0) is 10.2 Å². The van der Waals surface area contributed by atoms with E-state index < -0.39 is 0 Å². The zero-order chi connectivity index (χ0) is 12.5. The fraction of sp³-hybridized carbons (Fsp3) is 0.818. The Balaban J connectivity index is 1.93. The summed E-state index contributed by atoms with van der Waals surface area (Å²) in [5, 5.41) is 22.6. The van der Waals surface area contributed by atoms with E-state index in [-0.39, 0.29) is 17.4 Å². The summed E-state index contributed by atoms with van der Waals surface area (Å²) in [7, 11) is 0. The first-order valence-corrected chi connectivity index (χ1v) is 6.53. The second kappa shape index (κ2) is 4.51. The molecule has 1 aromatic heterocycles. The van der Waals surface area contributed by atoms with Crippen molar-refractivity contribution >= 4 is 16.5 Å². The van der Waals surface area contributed by atoms with Crippen LogP contribution in [0.1, 0.15) is 25.8 Å². The summed E-state index contributed by atoms with van der Waals surface area (Å²) < 4.78 is 5.14. The summed E-state index contributed by atoms with van der Waals surface area (Å²) in [6.45, 7) is 8.40. The van der Waals surface area contributed by atoms with Gasteiger partial charge in [-0.3, -0.25) is 0 Å². The average Bonchev–Trinajstić information content (AvgIpc) is 2.65. The first-order valence-electron chi connectivity index (χ1n) is 5.72. The smallest absolute Gasteiger partial charge is 0.205 e. The summed E-state index contributed by atoms with van der Waals surface area (Å²) >= 11 is 1.57. The van der Waals surface area contributed by atoms with Crippen LogP contribution < -0.4 is 5.32 Å². The monoisotopic (exact) mass is 257 g/mol. The van der Waals surface area contributed by atoms with Gasteiger partial charge < -0.3 is 15.2 Å². The van der Waals surface area contributed by atoms with Gasteiger partial charge in [-0.25, -0.2) is 0 Å². The highest BCUT2D eigenvalue weighted by atomic mass is 32.1. The minimum absolute atomic E-state index is 0.0336. The molecule has 2 heterocycles. The lowest BCUT2D eigenvalue weighted by atomic mass is 9.87. The Bertz CT molecular complexity index is 377. The van der Waals surface area contributed by atoms with Crippen LogP contribution in [0.3, 0.4) is 0 Å². The Morgan fingerprint density at radius 2 is 2.12 bits per heavy atom. The van der Waals surface area contributed by atoms with Gasteiger partial charge in [0.15, 0.2) is 0 Å². The highest BCUT2D eigenvalue weighted by Gasteiger charge is 2.38. The summed E-state index contributed by atoms with van der Waals surface area (Å²) in [6.07, 6.45) is 0. The van der Waals surface area contributed by atoms with Crippen molar-refractivity contribution in [3.8, 4) is 0 Å². The maximum absolute atomic E-state index is 9.30. The maximum Gasteiger partial charge on any atom is 0.205 e. The number of hydrogen-bond donors (Lipinski definition) is 2. The lowest BCUT2D eigenvalue weighted by Crippen LogP contribution is -2.50. The predicted octanol–water partition coefficient (Wildman–Crippen LogP) is 1.26. The van der Waals surface area contributed by atoms with Gasteiger partial charge in [0.1, 0.15) is 5.01 Å².